The third-order valence-electron chi connectivity index (χ3n) is 2.41. The highest BCUT2D eigenvalue weighted by molar-refractivity contribution is 9.08. The molecule has 0 bridgehead atoms. The van der Waals surface area contributed by atoms with Crippen LogP contribution >= 0.6 is 15.9 Å². The number of carbonyl (C=O) groups excluding carboxylic acids is 1. The quantitative estimate of drug-likeness (QED) is 0.619. The van der Waals surface area contributed by atoms with E-state index in [2.05, 4.69) is 15.9 Å². The summed E-state index contributed by atoms with van der Waals surface area (Å²) in [7, 11) is 1.62. The van der Waals surface area contributed by atoms with Crippen LogP contribution in [-0.4, -0.2) is 19.7 Å². The topological polar surface area (TPSA) is 35.5 Å². The minimum Gasteiger partial charge on any atom is -0.496 e. The van der Waals surface area contributed by atoms with Crippen LogP contribution in [-0.2, 0) is 21.3 Å². The van der Waals surface area contributed by atoms with E-state index in [1.54, 1.807) is 14.0 Å². The molecule has 0 heterocycles. The molecule has 17 heavy (non-hydrogen) atoms. The normalized spacial score (nSPS) is 10.1. The number of hydrogen-bond donors (Lipinski definition) is 0. The molecular weight excluding hydrogens is 284 g/mol. The Morgan fingerprint density at radius 3 is 2.65 bits per heavy atom. The molecule has 0 aromatic heterocycles. The second-order valence-corrected chi connectivity index (χ2v) is 4.28. The molecule has 3 nitrogen and oxygen atoms in total. The van der Waals surface area contributed by atoms with Gasteiger partial charge in [-0.2, -0.15) is 0 Å². The first-order chi connectivity index (χ1) is 8.12. The minimum atomic E-state index is -0.225. The van der Waals surface area contributed by atoms with Crippen molar-refractivity contribution in [2.45, 2.75) is 25.6 Å². The summed E-state index contributed by atoms with van der Waals surface area (Å²) >= 11 is 3.41. The number of hydrogen-bond acceptors (Lipinski definition) is 3. The van der Waals surface area contributed by atoms with E-state index < -0.39 is 0 Å². The SMILES string of the molecule is CCOC(=O)Cc1cc(CBr)cc(C)c1OC. The van der Waals surface area contributed by atoms with E-state index in [1.165, 1.54) is 0 Å². The molecule has 0 saturated carbocycles. The fourth-order valence-electron chi connectivity index (χ4n) is 1.80. The monoisotopic (exact) mass is 300 g/mol. The van der Waals surface area contributed by atoms with Crippen LogP contribution in [0, 0.1) is 6.92 Å². The van der Waals surface area contributed by atoms with Crippen molar-refractivity contribution in [2.75, 3.05) is 13.7 Å². The van der Waals surface area contributed by atoms with Crippen molar-refractivity contribution in [3.63, 3.8) is 0 Å². The number of methoxy groups -OCH3 is 1. The Labute approximate surface area is 110 Å². The van der Waals surface area contributed by atoms with Crippen LogP contribution in [0.4, 0.5) is 0 Å². The summed E-state index contributed by atoms with van der Waals surface area (Å²) in [5.74, 6) is 0.541. The molecule has 4 heteroatoms. The smallest absolute Gasteiger partial charge is 0.310 e. The van der Waals surface area contributed by atoms with Crippen molar-refractivity contribution in [3.8, 4) is 5.75 Å². The molecule has 0 amide bonds. The summed E-state index contributed by atoms with van der Waals surface area (Å²) in [5.41, 5.74) is 3.03. The van der Waals surface area contributed by atoms with Gasteiger partial charge in [0, 0.05) is 10.9 Å². The van der Waals surface area contributed by atoms with Crippen LogP contribution in [0.5, 0.6) is 5.75 Å². The summed E-state index contributed by atoms with van der Waals surface area (Å²) in [6, 6.07) is 4.01. The number of aryl methyl sites for hydroxylation is 1. The van der Waals surface area contributed by atoms with Gasteiger partial charge >= 0.3 is 5.97 Å². The first kappa shape index (κ1) is 14.0. The van der Waals surface area contributed by atoms with Crippen molar-refractivity contribution in [2.24, 2.45) is 0 Å². The first-order valence-corrected chi connectivity index (χ1v) is 6.62. The van der Waals surface area contributed by atoms with Gasteiger partial charge in [-0.15, -0.1) is 0 Å². The van der Waals surface area contributed by atoms with Gasteiger partial charge in [0.05, 0.1) is 20.1 Å². The van der Waals surface area contributed by atoms with Gasteiger partial charge in [-0.05, 0) is 25.0 Å². The van der Waals surface area contributed by atoms with Crippen molar-refractivity contribution in [1.82, 2.24) is 0 Å². The summed E-state index contributed by atoms with van der Waals surface area (Å²) in [6.07, 6.45) is 0.249. The maximum atomic E-state index is 11.5. The van der Waals surface area contributed by atoms with E-state index in [0.29, 0.717) is 6.61 Å². The highest BCUT2D eigenvalue weighted by atomic mass is 79.9. The fourth-order valence-corrected chi connectivity index (χ4v) is 2.12. The van der Waals surface area contributed by atoms with Crippen LogP contribution in [0.25, 0.3) is 0 Å². The van der Waals surface area contributed by atoms with Crippen molar-refractivity contribution in [3.05, 3.63) is 28.8 Å². The van der Waals surface area contributed by atoms with E-state index in [1.807, 2.05) is 19.1 Å². The van der Waals surface area contributed by atoms with E-state index in [4.69, 9.17) is 9.47 Å². The molecule has 0 radical (unpaired) electrons. The maximum Gasteiger partial charge on any atom is 0.310 e. The molecule has 0 unspecified atom stereocenters. The molecule has 1 aromatic rings. The Balaban J connectivity index is 3.02. The molecule has 0 saturated heterocycles. The molecule has 0 N–H and O–H groups in total. The van der Waals surface area contributed by atoms with Gasteiger partial charge in [0.25, 0.3) is 0 Å². The lowest BCUT2D eigenvalue weighted by Gasteiger charge is -2.12. The molecular formula is C13H17BrO3. The van der Waals surface area contributed by atoms with Crippen molar-refractivity contribution in [1.29, 1.82) is 0 Å². The molecule has 1 aromatic carbocycles. The largest absolute Gasteiger partial charge is 0.496 e. The van der Waals surface area contributed by atoms with Crippen LogP contribution in [0.1, 0.15) is 23.6 Å². The lowest BCUT2D eigenvalue weighted by molar-refractivity contribution is -0.142. The number of benzene rings is 1. The number of esters is 1. The van der Waals surface area contributed by atoms with Crippen molar-refractivity contribution >= 4 is 21.9 Å². The van der Waals surface area contributed by atoms with Gasteiger partial charge in [0.1, 0.15) is 5.75 Å². The van der Waals surface area contributed by atoms with Crippen molar-refractivity contribution < 1.29 is 14.3 Å². The van der Waals surface area contributed by atoms with Gasteiger partial charge in [-0.25, -0.2) is 0 Å². The van der Waals surface area contributed by atoms with Crippen LogP contribution in [0.2, 0.25) is 0 Å². The number of rotatable bonds is 5. The highest BCUT2D eigenvalue weighted by Gasteiger charge is 2.13. The lowest BCUT2D eigenvalue weighted by atomic mass is 10.0. The average molecular weight is 301 g/mol. The Morgan fingerprint density at radius 2 is 2.12 bits per heavy atom. The molecule has 0 spiro atoms. The molecule has 0 atom stereocenters. The molecule has 0 aliphatic carbocycles. The Bertz CT molecular complexity index is 402. The van der Waals surface area contributed by atoms with E-state index in [9.17, 15) is 4.79 Å². The second kappa shape index (κ2) is 6.64. The second-order valence-electron chi connectivity index (χ2n) is 3.72. The van der Waals surface area contributed by atoms with E-state index in [0.717, 1.165) is 27.8 Å². The van der Waals surface area contributed by atoms with Gasteiger partial charge in [-0.3, -0.25) is 4.79 Å². The zero-order valence-electron chi connectivity index (χ0n) is 10.4. The Morgan fingerprint density at radius 1 is 1.41 bits per heavy atom. The maximum absolute atomic E-state index is 11.5. The van der Waals surface area contributed by atoms with Gasteiger partial charge in [0.15, 0.2) is 0 Å². The lowest BCUT2D eigenvalue weighted by Crippen LogP contribution is -2.09. The number of carbonyl (C=O) groups is 1. The molecule has 0 fully saturated rings. The van der Waals surface area contributed by atoms with Crippen LogP contribution < -0.4 is 4.74 Å². The fraction of sp³-hybridized carbons (Fsp3) is 0.462. The van der Waals surface area contributed by atoms with Crippen LogP contribution in [0.15, 0.2) is 12.1 Å². The Kier molecular flexibility index (Phi) is 5.48. The third kappa shape index (κ3) is 3.73. The predicted octanol–water partition coefficient (Wildman–Crippen LogP) is 3.00. The Hall–Kier alpha value is -1.03. The molecule has 0 aliphatic heterocycles. The number of halogens is 1. The van der Waals surface area contributed by atoms with Crippen LogP contribution in [0.3, 0.4) is 0 Å². The van der Waals surface area contributed by atoms with E-state index in [-0.39, 0.29) is 12.4 Å². The van der Waals surface area contributed by atoms with Gasteiger partial charge in [0.2, 0.25) is 0 Å². The third-order valence-corrected chi connectivity index (χ3v) is 3.06. The average Bonchev–Trinajstić information content (AvgIpc) is 2.28. The standard InChI is InChI=1S/C13H17BrO3/c1-4-17-12(15)7-11-6-10(8-14)5-9(2)13(11)16-3/h5-6H,4,7-8H2,1-3H3. The molecule has 94 valence electrons. The minimum absolute atomic E-state index is 0.225. The van der Waals surface area contributed by atoms with Gasteiger partial charge in [-0.1, -0.05) is 28.1 Å². The molecule has 0 aliphatic rings. The summed E-state index contributed by atoms with van der Waals surface area (Å²) in [5, 5.41) is 0.758. The molecule has 1 rings (SSSR count). The number of ether oxygens (including phenoxy) is 2. The summed E-state index contributed by atoms with van der Waals surface area (Å²) in [4.78, 5) is 11.5. The van der Waals surface area contributed by atoms with E-state index >= 15 is 0 Å². The first-order valence-electron chi connectivity index (χ1n) is 5.50. The highest BCUT2D eigenvalue weighted by Crippen LogP contribution is 2.26. The summed E-state index contributed by atoms with van der Waals surface area (Å²) < 4.78 is 10.3. The predicted molar refractivity (Wildman–Crippen MR) is 70.7 cm³/mol. The zero-order valence-corrected chi connectivity index (χ0v) is 12.0. The van der Waals surface area contributed by atoms with Gasteiger partial charge < -0.3 is 9.47 Å². The zero-order chi connectivity index (χ0) is 12.8. The summed E-state index contributed by atoms with van der Waals surface area (Å²) in [6.45, 7) is 4.17. The number of alkyl halides is 1.